The third-order valence-corrected chi connectivity index (χ3v) is 2.42. The van der Waals surface area contributed by atoms with Gasteiger partial charge < -0.3 is 9.52 Å². The summed E-state index contributed by atoms with van der Waals surface area (Å²) in [5, 5.41) is 9.17. The second-order valence-electron chi connectivity index (χ2n) is 4.07. The number of aliphatic hydroxyl groups is 1. The lowest BCUT2D eigenvalue weighted by Crippen LogP contribution is -2.02. The van der Waals surface area contributed by atoms with Crippen molar-refractivity contribution in [2.24, 2.45) is 0 Å². The molecule has 1 aromatic carbocycles. The normalized spacial score (nSPS) is 12.7. The van der Waals surface area contributed by atoms with E-state index in [4.69, 9.17) is 4.42 Å². The van der Waals surface area contributed by atoms with Crippen molar-refractivity contribution in [1.82, 2.24) is 0 Å². The molecule has 2 aromatic rings. The number of hydrogen-bond acceptors (Lipinski definition) is 2. The van der Waals surface area contributed by atoms with Crippen LogP contribution in [0.4, 0.5) is 13.2 Å². The maximum absolute atomic E-state index is 13.5. The Morgan fingerprint density at radius 1 is 1.22 bits per heavy atom. The van der Waals surface area contributed by atoms with E-state index in [0.717, 1.165) is 6.07 Å². The standard InChI is InChI=1S/C13H11F3O2/c1-7(17)4-9-2-3-12(18-9)10-5-8(14)6-11(15)13(10)16/h2-3,5-7,17H,4H2,1H3. The van der Waals surface area contributed by atoms with Gasteiger partial charge in [-0.2, -0.15) is 0 Å². The summed E-state index contributed by atoms with van der Waals surface area (Å²) in [5.41, 5.74) is -0.274. The largest absolute Gasteiger partial charge is 0.461 e. The van der Waals surface area contributed by atoms with E-state index in [1.165, 1.54) is 12.1 Å². The topological polar surface area (TPSA) is 33.4 Å². The molecular formula is C13H11F3O2. The van der Waals surface area contributed by atoms with E-state index in [2.05, 4.69) is 0 Å². The molecule has 1 heterocycles. The zero-order valence-corrected chi connectivity index (χ0v) is 9.58. The number of aliphatic hydroxyl groups excluding tert-OH is 1. The van der Waals surface area contributed by atoms with E-state index in [1.807, 2.05) is 0 Å². The summed E-state index contributed by atoms with van der Waals surface area (Å²) in [6.45, 7) is 1.57. The van der Waals surface area contributed by atoms with Gasteiger partial charge in [-0.15, -0.1) is 0 Å². The third-order valence-electron chi connectivity index (χ3n) is 2.42. The molecule has 0 spiro atoms. The van der Waals surface area contributed by atoms with Crippen molar-refractivity contribution in [3.05, 3.63) is 47.5 Å². The maximum Gasteiger partial charge on any atom is 0.169 e. The average Bonchev–Trinajstić information content (AvgIpc) is 2.70. The highest BCUT2D eigenvalue weighted by atomic mass is 19.2. The number of furan rings is 1. The molecule has 18 heavy (non-hydrogen) atoms. The van der Waals surface area contributed by atoms with Crippen LogP contribution in [-0.2, 0) is 6.42 Å². The summed E-state index contributed by atoms with van der Waals surface area (Å²) in [7, 11) is 0. The second kappa shape index (κ2) is 4.86. The van der Waals surface area contributed by atoms with Crippen LogP contribution in [-0.4, -0.2) is 11.2 Å². The molecule has 5 heteroatoms. The molecule has 1 unspecified atom stereocenters. The summed E-state index contributed by atoms with van der Waals surface area (Å²) >= 11 is 0. The highest BCUT2D eigenvalue weighted by Gasteiger charge is 2.16. The van der Waals surface area contributed by atoms with Gasteiger partial charge in [-0.05, 0) is 25.1 Å². The fourth-order valence-electron chi connectivity index (χ4n) is 1.66. The van der Waals surface area contributed by atoms with Crippen molar-refractivity contribution in [1.29, 1.82) is 0 Å². The van der Waals surface area contributed by atoms with E-state index in [1.54, 1.807) is 6.92 Å². The highest BCUT2D eigenvalue weighted by Crippen LogP contribution is 2.27. The maximum atomic E-state index is 13.5. The molecule has 1 aromatic heterocycles. The molecule has 0 saturated heterocycles. The number of hydrogen-bond donors (Lipinski definition) is 1. The summed E-state index contributed by atoms with van der Waals surface area (Å²) < 4.78 is 44.8. The van der Waals surface area contributed by atoms with Crippen molar-refractivity contribution < 1.29 is 22.7 Å². The molecule has 0 saturated carbocycles. The van der Waals surface area contributed by atoms with Gasteiger partial charge in [-0.25, -0.2) is 13.2 Å². The van der Waals surface area contributed by atoms with Crippen LogP contribution in [0.1, 0.15) is 12.7 Å². The second-order valence-corrected chi connectivity index (χ2v) is 4.07. The molecule has 0 amide bonds. The third kappa shape index (κ3) is 2.56. The molecule has 2 rings (SSSR count). The van der Waals surface area contributed by atoms with Crippen LogP contribution in [0.2, 0.25) is 0 Å². The number of rotatable bonds is 3. The van der Waals surface area contributed by atoms with Crippen molar-refractivity contribution in [2.75, 3.05) is 0 Å². The fraction of sp³-hybridized carbons (Fsp3) is 0.231. The summed E-state index contributed by atoms with van der Waals surface area (Å²) in [4.78, 5) is 0. The molecule has 0 bridgehead atoms. The summed E-state index contributed by atoms with van der Waals surface area (Å²) in [5.74, 6) is -2.85. The molecular weight excluding hydrogens is 245 g/mol. The van der Waals surface area contributed by atoms with Crippen LogP contribution in [0.3, 0.4) is 0 Å². The van der Waals surface area contributed by atoms with E-state index in [9.17, 15) is 18.3 Å². The van der Waals surface area contributed by atoms with Crippen LogP contribution in [0.25, 0.3) is 11.3 Å². The Morgan fingerprint density at radius 3 is 2.61 bits per heavy atom. The van der Waals surface area contributed by atoms with E-state index in [0.29, 0.717) is 11.8 Å². The van der Waals surface area contributed by atoms with Gasteiger partial charge in [0.1, 0.15) is 17.3 Å². The van der Waals surface area contributed by atoms with Gasteiger partial charge in [-0.3, -0.25) is 0 Å². The Balaban J connectivity index is 2.40. The minimum Gasteiger partial charge on any atom is -0.461 e. The number of halogens is 3. The Labute approximate surface area is 102 Å². The molecule has 0 aliphatic carbocycles. The molecule has 96 valence electrons. The highest BCUT2D eigenvalue weighted by molar-refractivity contribution is 5.58. The molecule has 0 aliphatic rings. The van der Waals surface area contributed by atoms with Crippen LogP contribution < -0.4 is 0 Å². The Hall–Kier alpha value is -1.75. The zero-order chi connectivity index (χ0) is 13.3. The van der Waals surface area contributed by atoms with Crippen molar-refractivity contribution in [3.63, 3.8) is 0 Å². The van der Waals surface area contributed by atoms with E-state index < -0.39 is 23.6 Å². The molecule has 1 N–H and O–H groups in total. The van der Waals surface area contributed by atoms with Crippen LogP contribution in [0.5, 0.6) is 0 Å². The first-order valence-corrected chi connectivity index (χ1v) is 5.39. The monoisotopic (exact) mass is 256 g/mol. The Kier molecular flexibility index (Phi) is 3.43. The molecule has 0 radical (unpaired) electrons. The van der Waals surface area contributed by atoms with E-state index >= 15 is 0 Å². The quantitative estimate of drug-likeness (QED) is 0.855. The lowest BCUT2D eigenvalue weighted by atomic mass is 10.1. The molecule has 0 fully saturated rings. The average molecular weight is 256 g/mol. The molecule has 0 aliphatic heterocycles. The molecule has 1 atom stereocenters. The van der Waals surface area contributed by atoms with Crippen molar-refractivity contribution in [2.45, 2.75) is 19.4 Å². The van der Waals surface area contributed by atoms with Crippen LogP contribution >= 0.6 is 0 Å². The first-order chi connectivity index (χ1) is 8.47. The van der Waals surface area contributed by atoms with E-state index in [-0.39, 0.29) is 17.7 Å². The van der Waals surface area contributed by atoms with Crippen molar-refractivity contribution >= 4 is 0 Å². The SMILES string of the molecule is CC(O)Cc1ccc(-c2cc(F)cc(F)c2F)o1. The van der Waals surface area contributed by atoms with Crippen LogP contribution in [0.15, 0.2) is 28.7 Å². The molecule has 2 nitrogen and oxygen atoms in total. The van der Waals surface area contributed by atoms with Gasteiger partial charge in [0.15, 0.2) is 11.6 Å². The predicted octanol–water partition coefficient (Wildman–Crippen LogP) is 3.29. The Morgan fingerprint density at radius 2 is 1.94 bits per heavy atom. The van der Waals surface area contributed by atoms with Gasteiger partial charge in [0, 0.05) is 12.5 Å². The van der Waals surface area contributed by atoms with Gasteiger partial charge >= 0.3 is 0 Å². The first-order valence-electron chi connectivity index (χ1n) is 5.39. The van der Waals surface area contributed by atoms with Crippen molar-refractivity contribution in [3.8, 4) is 11.3 Å². The van der Waals surface area contributed by atoms with Gasteiger partial charge in [0.05, 0.1) is 11.7 Å². The summed E-state index contributed by atoms with van der Waals surface area (Å²) in [6.07, 6.45) is -0.363. The predicted molar refractivity (Wildman–Crippen MR) is 59.4 cm³/mol. The van der Waals surface area contributed by atoms with Gasteiger partial charge in [0.2, 0.25) is 0 Å². The number of benzene rings is 1. The lowest BCUT2D eigenvalue weighted by molar-refractivity contribution is 0.187. The van der Waals surface area contributed by atoms with Crippen LogP contribution in [0, 0.1) is 17.5 Å². The summed E-state index contributed by atoms with van der Waals surface area (Å²) in [6, 6.07) is 4.28. The van der Waals surface area contributed by atoms with Gasteiger partial charge in [0.25, 0.3) is 0 Å². The minimum absolute atomic E-state index is 0.0292. The minimum atomic E-state index is -1.27. The zero-order valence-electron chi connectivity index (χ0n) is 9.58. The fourth-order valence-corrected chi connectivity index (χ4v) is 1.66. The smallest absolute Gasteiger partial charge is 0.169 e. The Bertz CT molecular complexity index is 561. The first kappa shape index (κ1) is 12.7. The van der Waals surface area contributed by atoms with Gasteiger partial charge in [-0.1, -0.05) is 0 Å². The lowest BCUT2D eigenvalue weighted by Gasteiger charge is -2.02.